The molecule has 1 atom stereocenters. The van der Waals surface area contributed by atoms with Crippen molar-refractivity contribution in [3.63, 3.8) is 0 Å². The van der Waals surface area contributed by atoms with Crippen LogP contribution in [0.4, 0.5) is 0 Å². The molecule has 1 aromatic carbocycles. The largest absolute Gasteiger partial charge is 0.313 e. The number of benzene rings is 1. The van der Waals surface area contributed by atoms with Crippen LogP contribution in [0.25, 0.3) is 10.9 Å². The summed E-state index contributed by atoms with van der Waals surface area (Å²) in [6.07, 6.45) is 1.87. The second-order valence-corrected chi connectivity index (χ2v) is 3.19. The normalized spacial score (nSPS) is 13.4. The summed E-state index contributed by atoms with van der Waals surface area (Å²) in [5, 5.41) is 11.4. The van der Waals surface area contributed by atoms with E-state index in [1.807, 2.05) is 25.4 Å². The molecule has 0 amide bonds. The number of H-pyrrole nitrogens is 1. The molecule has 68 valence electrons. The van der Waals surface area contributed by atoms with Crippen LogP contribution in [0.3, 0.4) is 0 Å². The Bertz CT molecular complexity index is 405. The van der Waals surface area contributed by atoms with E-state index in [9.17, 15) is 0 Å². The minimum atomic E-state index is 0.362. The molecule has 0 saturated carbocycles. The third-order valence-corrected chi connectivity index (χ3v) is 2.42. The van der Waals surface area contributed by atoms with Gasteiger partial charge in [0.25, 0.3) is 0 Å². The molecule has 0 fully saturated rings. The molecule has 2 N–H and O–H groups in total. The number of nitrogens with zero attached hydrogens (tertiary/aromatic N) is 1. The monoisotopic (exact) mass is 175 g/mol. The zero-order valence-corrected chi connectivity index (χ0v) is 7.83. The minimum Gasteiger partial charge on any atom is -0.313 e. The van der Waals surface area contributed by atoms with Gasteiger partial charge in [-0.25, -0.2) is 0 Å². The first-order valence-corrected chi connectivity index (χ1v) is 4.42. The molecule has 1 heterocycles. The van der Waals surface area contributed by atoms with Crippen molar-refractivity contribution in [2.24, 2.45) is 0 Å². The predicted molar refractivity (Wildman–Crippen MR) is 53.6 cm³/mol. The lowest BCUT2D eigenvalue weighted by Gasteiger charge is -2.10. The number of aromatic amines is 1. The van der Waals surface area contributed by atoms with Crippen molar-refractivity contribution < 1.29 is 0 Å². The molecule has 13 heavy (non-hydrogen) atoms. The third kappa shape index (κ3) is 1.31. The van der Waals surface area contributed by atoms with Crippen LogP contribution < -0.4 is 5.32 Å². The maximum absolute atomic E-state index is 4.03. The van der Waals surface area contributed by atoms with Gasteiger partial charge in [-0.3, -0.25) is 5.10 Å². The Balaban J connectivity index is 2.60. The molecule has 0 radical (unpaired) electrons. The van der Waals surface area contributed by atoms with Crippen LogP contribution >= 0.6 is 0 Å². The molecule has 3 nitrogen and oxygen atoms in total. The highest BCUT2D eigenvalue weighted by molar-refractivity contribution is 5.81. The Kier molecular flexibility index (Phi) is 2.02. The quantitative estimate of drug-likeness (QED) is 0.731. The first kappa shape index (κ1) is 8.26. The molecule has 0 aliphatic rings. The maximum atomic E-state index is 4.03. The molecule has 0 spiro atoms. The third-order valence-electron chi connectivity index (χ3n) is 2.42. The molecule has 1 unspecified atom stereocenters. The van der Waals surface area contributed by atoms with Gasteiger partial charge in [0.1, 0.15) is 0 Å². The Morgan fingerprint density at radius 3 is 3.08 bits per heavy atom. The predicted octanol–water partition coefficient (Wildman–Crippen LogP) is 1.84. The topological polar surface area (TPSA) is 40.7 Å². The number of hydrogen-bond donors (Lipinski definition) is 2. The van der Waals surface area contributed by atoms with Gasteiger partial charge in [0.2, 0.25) is 0 Å². The zero-order valence-electron chi connectivity index (χ0n) is 7.83. The second kappa shape index (κ2) is 3.18. The first-order valence-electron chi connectivity index (χ1n) is 4.42. The standard InChI is InChI=1S/C10H13N3/c1-7(11-2)8-4-3-5-10-9(8)6-12-13-10/h3-7,11H,1-2H3,(H,12,13). The van der Waals surface area contributed by atoms with E-state index in [0.717, 1.165) is 5.52 Å². The molecule has 0 bridgehead atoms. The van der Waals surface area contributed by atoms with Crippen LogP contribution in [0.1, 0.15) is 18.5 Å². The van der Waals surface area contributed by atoms with Gasteiger partial charge in [0, 0.05) is 11.4 Å². The van der Waals surface area contributed by atoms with Crippen molar-refractivity contribution in [1.29, 1.82) is 0 Å². The molecule has 0 saturated heterocycles. The second-order valence-electron chi connectivity index (χ2n) is 3.19. The molecule has 3 heteroatoms. The Hall–Kier alpha value is -1.35. The first-order chi connectivity index (χ1) is 6.33. The summed E-state index contributed by atoms with van der Waals surface area (Å²) in [7, 11) is 1.96. The van der Waals surface area contributed by atoms with Gasteiger partial charge in [-0.05, 0) is 25.6 Å². The fraction of sp³-hybridized carbons (Fsp3) is 0.300. The number of aromatic nitrogens is 2. The van der Waals surface area contributed by atoms with E-state index in [0.29, 0.717) is 6.04 Å². The van der Waals surface area contributed by atoms with Gasteiger partial charge >= 0.3 is 0 Å². The Labute approximate surface area is 77.2 Å². The van der Waals surface area contributed by atoms with Gasteiger partial charge in [-0.15, -0.1) is 0 Å². The van der Waals surface area contributed by atoms with Crippen molar-refractivity contribution in [2.75, 3.05) is 7.05 Å². The SMILES string of the molecule is CNC(C)c1cccc2[nH]ncc12. The zero-order chi connectivity index (χ0) is 9.26. The average molecular weight is 175 g/mol. The van der Waals surface area contributed by atoms with E-state index < -0.39 is 0 Å². The lowest BCUT2D eigenvalue weighted by Crippen LogP contribution is -2.12. The van der Waals surface area contributed by atoms with Crippen molar-refractivity contribution in [3.05, 3.63) is 30.0 Å². The van der Waals surface area contributed by atoms with Crippen LogP contribution in [-0.2, 0) is 0 Å². The van der Waals surface area contributed by atoms with Crippen LogP contribution in [0.15, 0.2) is 24.4 Å². The van der Waals surface area contributed by atoms with Crippen molar-refractivity contribution in [3.8, 4) is 0 Å². The average Bonchev–Trinajstić information content (AvgIpc) is 2.63. The van der Waals surface area contributed by atoms with Crippen molar-refractivity contribution >= 4 is 10.9 Å². The highest BCUT2D eigenvalue weighted by Crippen LogP contribution is 2.21. The van der Waals surface area contributed by atoms with E-state index in [4.69, 9.17) is 0 Å². The highest BCUT2D eigenvalue weighted by Gasteiger charge is 2.07. The smallest absolute Gasteiger partial charge is 0.0653 e. The number of nitrogens with one attached hydrogen (secondary N) is 2. The van der Waals surface area contributed by atoms with Crippen LogP contribution in [0.2, 0.25) is 0 Å². The molecule has 0 aliphatic heterocycles. The van der Waals surface area contributed by atoms with E-state index >= 15 is 0 Å². The summed E-state index contributed by atoms with van der Waals surface area (Å²) in [4.78, 5) is 0. The van der Waals surface area contributed by atoms with E-state index in [1.165, 1.54) is 10.9 Å². The van der Waals surface area contributed by atoms with Gasteiger partial charge in [0.15, 0.2) is 0 Å². The lowest BCUT2D eigenvalue weighted by atomic mass is 10.0. The fourth-order valence-corrected chi connectivity index (χ4v) is 1.52. The van der Waals surface area contributed by atoms with Gasteiger partial charge in [-0.1, -0.05) is 12.1 Å². The minimum absolute atomic E-state index is 0.362. The summed E-state index contributed by atoms with van der Waals surface area (Å²) in [5.74, 6) is 0. The molecule has 2 rings (SSSR count). The number of hydrogen-bond acceptors (Lipinski definition) is 2. The number of rotatable bonds is 2. The Morgan fingerprint density at radius 2 is 2.31 bits per heavy atom. The summed E-state index contributed by atoms with van der Waals surface area (Å²) in [6, 6.07) is 6.57. The Morgan fingerprint density at radius 1 is 1.46 bits per heavy atom. The molecule has 0 aliphatic carbocycles. The van der Waals surface area contributed by atoms with Gasteiger partial charge in [0.05, 0.1) is 11.7 Å². The van der Waals surface area contributed by atoms with E-state index in [2.05, 4.69) is 28.5 Å². The van der Waals surface area contributed by atoms with E-state index in [-0.39, 0.29) is 0 Å². The molecule has 1 aromatic heterocycles. The summed E-state index contributed by atoms with van der Waals surface area (Å²) < 4.78 is 0. The lowest BCUT2D eigenvalue weighted by molar-refractivity contribution is 0.657. The maximum Gasteiger partial charge on any atom is 0.0653 e. The van der Waals surface area contributed by atoms with Crippen LogP contribution in [0.5, 0.6) is 0 Å². The van der Waals surface area contributed by atoms with Crippen LogP contribution in [0, 0.1) is 0 Å². The summed E-state index contributed by atoms with van der Waals surface area (Å²) in [5.41, 5.74) is 2.38. The van der Waals surface area contributed by atoms with Crippen molar-refractivity contribution in [2.45, 2.75) is 13.0 Å². The molecular formula is C10H13N3. The van der Waals surface area contributed by atoms with Gasteiger partial charge < -0.3 is 5.32 Å². The number of fused-ring (bicyclic) bond motifs is 1. The highest BCUT2D eigenvalue weighted by atomic mass is 15.1. The summed E-state index contributed by atoms with van der Waals surface area (Å²) >= 11 is 0. The summed E-state index contributed by atoms with van der Waals surface area (Å²) in [6.45, 7) is 2.14. The van der Waals surface area contributed by atoms with Gasteiger partial charge in [-0.2, -0.15) is 5.10 Å². The fourth-order valence-electron chi connectivity index (χ4n) is 1.52. The van der Waals surface area contributed by atoms with Crippen LogP contribution in [-0.4, -0.2) is 17.2 Å². The molecular weight excluding hydrogens is 162 g/mol. The molecule has 2 aromatic rings. The van der Waals surface area contributed by atoms with E-state index in [1.54, 1.807) is 0 Å². The van der Waals surface area contributed by atoms with Crippen molar-refractivity contribution in [1.82, 2.24) is 15.5 Å².